The second-order valence-electron chi connectivity index (χ2n) is 5.88. The highest BCUT2D eigenvalue weighted by Gasteiger charge is 2.30. The maximum absolute atomic E-state index is 12.8. The molecule has 0 unspecified atom stereocenters. The first-order valence-corrected chi connectivity index (χ1v) is 8.69. The molecule has 4 heteroatoms. The summed E-state index contributed by atoms with van der Waals surface area (Å²) in [4.78, 5) is 0.472. The van der Waals surface area contributed by atoms with Crippen molar-refractivity contribution in [2.24, 2.45) is 0 Å². The topological polar surface area (TPSA) is 37.4 Å². The van der Waals surface area contributed by atoms with Crippen molar-refractivity contribution in [2.75, 3.05) is 13.1 Å². The van der Waals surface area contributed by atoms with Crippen LogP contribution in [-0.2, 0) is 10.0 Å². The second-order valence-corrected chi connectivity index (χ2v) is 7.79. The van der Waals surface area contributed by atoms with Crippen molar-refractivity contribution in [3.05, 3.63) is 40.5 Å². The third-order valence-electron chi connectivity index (χ3n) is 4.29. The summed E-state index contributed by atoms with van der Waals surface area (Å²) in [6, 6.07) is 5.64. The number of hydrogen-bond donors (Lipinski definition) is 0. The molecule has 3 nitrogen and oxygen atoms in total. The highest BCUT2D eigenvalue weighted by molar-refractivity contribution is 7.89. The van der Waals surface area contributed by atoms with Gasteiger partial charge in [0.05, 0.1) is 4.90 Å². The number of aryl methyl sites for hydroxylation is 2. The zero-order valence-corrected chi connectivity index (χ0v) is 13.0. The first-order chi connectivity index (χ1) is 9.48. The van der Waals surface area contributed by atoms with Gasteiger partial charge in [0.25, 0.3) is 0 Å². The van der Waals surface area contributed by atoms with Crippen LogP contribution >= 0.6 is 0 Å². The van der Waals surface area contributed by atoms with E-state index in [1.165, 1.54) is 18.4 Å². The quantitative estimate of drug-likeness (QED) is 0.785. The lowest BCUT2D eigenvalue weighted by molar-refractivity contribution is 0.386. The van der Waals surface area contributed by atoms with E-state index in [9.17, 15) is 8.42 Å². The van der Waals surface area contributed by atoms with Crippen molar-refractivity contribution in [1.29, 1.82) is 0 Å². The van der Waals surface area contributed by atoms with E-state index < -0.39 is 10.0 Å². The molecule has 1 aromatic rings. The molecule has 2 fully saturated rings. The molecule has 2 aliphatic rings. The minimum absolute atomic E-state index is 0.472. The molecule has 0 amide bonds. The third kappa shape index (κ3) is 2.54. The van der Waals surface area contributed by atoms with E-state index in [0.717, 1.165) is 24.0 Å². The molecule has 20 heavy (non-hydrogen) atoms. The van der Waals surface area contributed by atoms with Crippen LogP contribution in [-0.4, -0.2) is 25.8 Å². The number of hydrogen-bond acceptors (Lipinski definition) is 2. The second kappa shape index (κ2) is 5.01. The fraction of sp³-hybridized carbons (Fsp3) is 0.500. The van der Waals surface area contributed by atoms with Crippen LogP contribution in [0.5, 0.6) is 0 Å². The normalized spacial score (nSPS) is 20.3. The van der Waals surface area contributed by atoms with Crippen molar-refractivity contribution in [1.82, 2.24) is 4.31 Å². The third-order valence-corrected chi connectivity index (χ3v) is 6.33. The van der Waals surface area contributed by atoms with Crippen LogP contribution in [0.25, 0.3) is 0 Å². The molecule has 1 aromatic carbocycles. The molecule has 108 valence electrons. The molecule has 0 N–H and O–H groups in total. The fourth-order valence-corrected chi connectivity index (χ4v) is 4.64. The highest BCUT2D eigenvalue weighted by atomic mass is 32.2. The molecule has 0 atom stereocenters. The predicted molar refractivity (Wildman–Crippen MR) is 80.2 cm³/mol. The number of benzene rings is 1. The lowest BCUT2D eigenvalue weighted by Gasteiger charge is -2.28. The van der Waals surface area contributed by atoms with Crippen LogP contribution in [0.15, 0.2) is 34.2 Å². The van der Waals surface area contributed by atoms with E-state index >= 15 is 0 Å². The van der Waals surface area contributed by atoms with Gasteiger partial charge in [-0.2, -0.15) is 4.31 Å². The van der Waals surface area contributed by atoms with Gasteiger partial charge >= 0.3 is 0 Å². The van der Waals surface area contributed by atoms with Crippen LogP contribution in [0.3, 0.4) is 0 Å². The predicted octanol–water partition coefficient (Wildman–Crippen LogP) is 3.18. The summed E-state index contributed by atoms with van der Waals surface area (Å²) in [5.74, 6) is 0. The highest BCUT2D eigenvalue weighted by Crippen LogP contribution is 2.37. The van der Waals surface area contributed by atoms with Crippen LogP contribution in [0, 0.1) is 13.8 Å². The first kappa shape index (κ1) is 13.8. The Morgan fingerprint density at radius 1 is 0.950 bits per heavy atom. The number of allylic oxidation sites excluding steroid dienone is 1. The van der Waals surface area contributed by atoms with Gasteiger partial charge in [0.2, 0.25) is 10.0 Å². The van der Waals surface area contributed by atoms with Crippen molar-refractivity contribution < 1.29 is 8.42 Å². The molecule has 1 saturated heterocycles. The molecule has 1 aliphatic carbocycles. The molecule has 1 saturated carbocycles. The van der Waals surface area contributed by atoms with E-state index in [0.29, 0.717) is 18.0 Å². The molecule has 0 spiro atoms. The Bertz CT molecular complexity index is 658. The Hall–Kier alpha value is -1.13. The Balaban J connectivity index is 1.85. The Morgan fingerprint density at radius 3 is 2.15 bits per heavy atom. The standard InChI is InChI=1S/C16H21NO2S/c1-12-3-4-13(2)16(11-12)20(18,19)17-9-7-15(8-10-17)14-5-6-14/h3-4,11H,5-10H2,1-2H3. The lowest BCUT2D eigenvalue weighted by atomic mass is 10.1. The number of rotatable bonds is 2. The van der Waals surface area contributed by atoms with Crippen LogP contribution in [0.2, 0.25) is 0 Å². The van der Waals surface area contributed by atoms with Gasteiger partial charge in [-0.25, -0.2) is 8.42 Å². The minimum atomic E-state index is -3.33. The number of nitrogens with zero attached hydrogens (tertiary/aromatic N) is 1. The summed E-state index contributed by atoms with van der Waals surface area (Å²) < 4.78 is 27.2. The van der Waals surface area contributed by atoms with Crippen molar-refractivity contribution in [3.63, 3.8) is 0 Å². The zero-order chi connectivity index (χ0) is 14.3. The van der Waals surface area contributed by atoms with Gasteiger partial charge in [0, 0.05) is 13.1 Å². The Morgan fingerprint density at radius 2 is 1.55 bits per heavy atom. The van der Waals surface area contributed by atoms with Gasteiger partial charge in [-0.3, -0.25) is 0 Å². The van der Waals surface area contributed by atoms with E-state index in [2.05, 4.69) is 0 Å². The number of sulfonamides is 1. The molecule has 0 bridgehead atoms. The minimum Gasteiger partial charge on any atom is -0.207 e. The largest absolute Gasteiger partial charge is 0.243 e. The van der Waals surface area contributed by atoms with Crippen molar-refractivity contribution >= 4 is 10.0 Å². The molecule has 3 rings (SSSR count). The van der Waals surface area contributed by atoms with E-state index in [1.807, 2.05) is 26.0 Å². The van der Waals surface area contributed by atoms with Gasteiger partial charge in [-0.05, 0) is 56.7 Å². The van der Waals surface area contributed by atoms with Crippen LogP contribution in [0.1, 0.15) is 36.8 Å². The molecular formula is C16H21NO2S. The Kier molecular flexibility index (Phi) is 3.46. The lowest BCUT2D eigenvalue weighted by Crippen LogP contribution is -2.36. The van der Waals surface area contributed by atoms with Crippen LogP contribution < -0.4 is 0 Å². The molecule has 1 heterocycles. The van der Waals surface area contributed by atoms with Gasteiger partial charge in [-0.1, -0.05) is 23.3 Å². The SMILES string of the molecule is Cc1ccc(C)c(S(=O)(=O)N2CCC(=C3CC3)CC2)c1. The fourth-order valence-electron chi connectivity index (χ4n) is 2.89. The average molecular weight is 291 g/mol. The maximum Gasteiger partial charge on any atom is 0.243 e. The van der Waals surface area contributed by atoms with Gasteiger partial charge < -0.3 is 0 Å². The van der Waals surface area contributed by atoms with Gasteiger partial charge in [-0.15, -0.1) is 0 Å². The smallest absolute Gasteiger partial charge is 0.207 e. The molecule has 0 aromatic heterocycles. The summed E-state index contributed by atoms with van der Waals surface area (Å²) in [6.45, 7) is 5.07. The molecule has 1 aliphatic heterocycles. The summed E-state index contributed by atoms with van der Waals surface area (Å²) in [5.41, 5.74) is 4.92. The average Bonchev–Trinajstić information content (AvgIpc) is 3.26. The van der Waals surface area contributed by atoms with Gasteiger partial charge in [0.15, 0.2) is 0 Å². The van der Waals surface area contributed by atoms with Crippen LogP contribution in [0.4, 0.5) is 0 Å². The maximum atomic E-state index is 12.8. The monoisotopic (exact) mass is 291 g/mol. The number of piperidine rings is 1. The van der Waals surface area contributed by atoms with Crippen molar-refractivity contribution in [3.8, 4) is 0 Å². The van der Waals surface area contributed by atoms with E-state index in [-0.39, 0.29) is 0 Å². The van der Waals surface area contributed by atoms with Crippen molar-refractivity contribution in [2.45, 2.75) is 44.4 Å². The van der Waals surface area contributed by atoms with Gasteiger partial charge in [0.1, 0.15) is 0 Å². The molecule has 0 radical (unpaired) electrons. The summed E-state index contributed by atoms with van der Waals surface area (Å²) in [7, 11) is -3.33. The zero-order valence-electron chi connectivity index (χ0n) is 12.1. The summed E-state index contributed by atoms with van der Waals surface area (Å²) in [6.07, 6.45) is 4.30. The summed E-state index contributed by atoms with van der Waals surface area (Å²) in [5, 5.41) is 0. The molecular weight excluding hydrogens is 270 g/mol. The van der Waals surface area contributed by atoms with E-state index in [4.69, 9.17) is 0 Å². The first-order valence-electron chi connectivity index (χ1n) is 7.25. The summed E-state index contributed by atoms with van der Waals surface area (Å²) >= 11 is 0. The Labute approximate surface area is 121 Å². The van der Waals surface area contributed by atoms with E-state index in [1.54, 1.807) is 15.9 Å².